The molecule has 0 aliphatic rings. The van der Waals surface area contributed by atoms with Crippen LogP contribution in [0.5, 0.6) is 0 Å². The van der Waals surface area contributed by atoms with Gasteiger partial charge in [-0.1, -0.05) is 12.1 Å². The molecule has 0 aliphatic heterocycles. The zero-order valence-corrected chi connectivity index (χ0v) is 12.0. The lowest BCUT2D eigenvalue weighted by atomic mass is 10.1. The molecule has 19 heavy (non-hydrogen) atoms. The van der Waals surface area contributed by atoms with Gasteiger partial charge in [0.2, 0.25) is 5.78 Å². The molecule has 0 spiro atoms. The van der Waals surface area contributed by atoms with Crippen LogP contribution in [0.25, 0.3) is 0 Å². The quantitative estimate of drug-likeness (QED) is 0.812. The lowest BCUT2D eigenvalue weighted by Crippen LogP contribution is -2.12. The standard InChI is InChI=1S/C14H11BrFNO2/c1-8(18)13-10(15)7-12(17(13)2)14(19)9-5-3-4-6-11(9)16/h3-7H,1-2H3. The average molecular weight is 324 g/mol. The predicted octanol–water partition coefficient (Wildman–Crippen LogP) is 3.36. The Balaban J connectivity index is 2.55. The Bertz CT molecular complexity index is 676. The van der Waals surface area contributed by atoms with Gasteiger partial charge in [0.25, 0.3) is 0 Å². The van der Waals surface area contributed by atoms with E-state index in [0.29, 0.717) is 10.2 Å². The molecule has 0 aliphatic carbocycles. The van der Waals surface area contributed by atoms with Gasteiger partial charge in [-0.05, 0) is 34.1 Å². The van der Waals surface area contributed by atoms with Crippen molar-refractivity contribution in [3.63, 3.8) is 0 Å². The van der Waals surface area contributed by atoms with Gasteiger partial charge in [-0.15, -0.1) is 0 Å². The fourth-order valence-corrected chi connectivity index (χ4v) is 2.73. The maximum atomic E-state index is 13.6. The molecule has 0 unspecified atom stereocenters. The molecule has 1 aromatic heterocycles. The molecule has 2 rings (SSSR count). The molecular formula is C14H11BrFNO2. The van der Waals surface area contributed by atoms with Crippen molar-refractivity contribution in [3.8, 4) is 0 Å². The van der Waals surface area contributed by atoms with Crippen molar-refractivity contribution in [2.45, 2.75) is 6.92 Å². The Labute approximate surface area is 118 Å². The van der Waals surface area contributed by atoms with Crippen molar-refractivity contribution in [2.24, 2.45) is 7.05 Å². The second-order valence-corrected chi connectivity index (χ2v) is 5.00. The van der Waals surface area contributed by atoms with Crippen LogP contribution in [0.3, 0.4) is 0 Å². The van der Waals surface area contributed by atoms with E-state index in [2.05, 4.69) is 15.9 Å². The number of aromatic nitrogens is 1. The Morgan fingerprint density at radius 3 is 2.42 bits per heavy atom. The number of benzene rings is 1. The Morgan fingerprint density at radius 2 is 1.89 bits per heavy atom. The third kappa shape index (κ3) is 2.38. The van der Waals surface area contributed by atoms with E-state index < -0.39 is 11.6 Å². The number of ketones is 2. The van der Waals surface area contributed by atoms with E-state index >= 15 is 0 Å². The average Bonchev–Trinajstić information content (AvgIpc) is 2.64. The van der Waals surface area contributed by atoms with Crippen LogP contribution >= 0.6 is 15.9 Å². The molecular weight excluding hydrogens is 313 g/mol. The molecule has 0 radical (unpaired) electrons. The first-order valence-electron chi connectivity index (χ1n) is 5.59. The van der Waals surface area contributed by atoms with Gasteiger partial charge in [0.15, 0.2) is 5.78 Å². The smallest absolute Gasteiger partial charge is 0.212 e. The van der Waals surface area contributed by atoms with Gasteiger partial charge in [-0.3, -0.25) is 9.59 Å². The number of hydrogen-bond acceptors (Lipinski definition) is 2. The molecule has 2 aromatic rings. The van der Waals surface area contributed by atoms with Gasteiger partial charge in [-0.2, -0.15) is 0 Å². The van der Waals surface area contributed by atoms with E-state index in [1.807, 2.05) is 0 Å². The number of hydrogen-bond donors (Lipinski definition) is 0. The summed E-state index contributed by atoms with van der Waals surface area (Å²) in [7, 11) is 1.61. The number of nitrogens with zero attached hydrogens (tertiary/aromatic N) is 1. The zero-order valence-electron chi connectivity index (χ0n) is 10.4. The van der Waals surface area contributed by atoms with Crippen molar-refractivity contribution < 1.29 is 14.0 Å². The molecule has 98 valence electrons. The van der Waals surface area contributed by atoms with Crippen LogP contribution in [0.2, 0.25) is 0 Å². The highest BCUT2D eigenvalue weighted by Gasteiger charge is 2.21. The van der Waals surface area contributed by atoms with Crippen molar-refractivity contribution in [2.75, 3.05) is 0 Å². The van der Waals surface area contributed by atoms with Crippen LogP contribution in [0, 0.1) is 5.82 Å². The SMILES string of the molecule is CC(=O)c1c(Br)cc(C(=O)c2ccccc2F)n1C. The van der Waals surface area contributed by atoms with Crippen molar-refractivity contribution in [1.29, 1.82) is 0 Å². The van der Waals surface area contributed by atoms with Crippen LogP contribution in [-0.4, -0.2) is 16.1 Å². The van der Waals surface area contributed by atoms with Crippen LogP contribution in [0.1, 0.15) is 33.5 Å². The monoisotopic (exact) mass is 323 g/mol. The summed E-state index contributed by atoms with van der Waals surface area (Å²) in [5.41, 5.74) is 0.646. The third-order valence-electron chi connectivity index (χ3n) is 2.87. The molecule has 1 heterocycles. The summed E-state index contributed by atoms with van der Waals surface area (Å²) in [4.78, 5) is 23.8. The van der Waals surface area contributed by atoms with Crippen LogP contribution in [0.4, 0.5) is 4.39 Å². The topological polar surface area (TPSA) is 39.1 Å². The number of carbonyl (C=O) groups excluding carboxylic acids is 2. The summed E-state index contributed by atoms with van der Waals surface area (Å²) < 4.78 is 15.6. The lowest BCUT2D eigenvalue weighted by molar-refractivity contribution is 0.100. The predicted molar refractivity (Wildman–Crippen MR) is 73.0 cm³/mol. The van der Waals surface area contributed by atoms with Crippen LogP contribution in [-0.2, 0) is 7.05 Å². The molecule has 0 saturated carbocycles. The highest BCUT2D eigenvalue weighted by molar-refractivity contribution is 9.10. The Kier molecular flexibility index (Phi) is 3.66. The molecule has 0 bridgehead atoms. The second kappa shape index (κ2) is 5.09. The Hall–Kier alpha value is -1.75. The molecule has 5 heteroatoms. The Morgan fingerprint density at radius 1 is 1.26 bits per heavy atom. The maximum Gasteiger partial charge on any atom is 0.212 e. The largest absolute Gasteiger partial charge is 0.338 e. The van der Waals surface area contributed by atoms with E-state index in [0.717, 1.165) is 0 Å². The normalized spacial score (nSPS) is 10.5. The van der Waals surface area contributed by atoms with Gasteiger partial charge in [0.05, 0.1) is 17.0 Å². The molecule has 0 N–H and O–H groups in total. The van der Waals surface area contributed by atoms with Crippen molar-refractivity contribution >= 4 is 27.5 Å². The lowest BCUT2D eigenvalue weighted by Gasteiger charge is -2.05. The summed E-state index contributed by atoms with van der Waals surface area (Å²) in [6, 6.07) is 7.31. The minimum absolute atomic E-state index is 0.00861. The highest BCUT2D eigenvalue weighted by Crippen LogP contribution is 2.24. The van der Waals surface area contributed by atoms with E-state index in [1.54, 1.807) is 13.1 Å². The van der Waals surface area contributed by atoms with Crippen LogP contribution in [0.15, 0.2) is 34.8 Å². The summed E-state index contributed by atoms with van der Waals surface area (Å²) in [5, 5.41) is 0. The zero-order chi connectivity index (χ0) is 14.2. The summed E-state index contributed by atoms with van der Waals surface area (Å²) in [6.45, 7) is 1.41. The summed E-state index contributed by atoms with van der Waals surface area (Å²) >= 11 is 3.24. The minimum Gasteiger partial charge on any atom is -0.338 e. The van der Waals surface area contributed by atoms with Crippen LogP contribution < -0.4 is 0 Å². The van der Waals surface area contributed by atoms with E-state index in [9.17, 15) is 14.0 Å². The van der Waals surface area contributed by atoms with Gasteiger partial charge in [-0.25, -0.2) is 4.39 Å². The number of carbonyl (C=O) groups is 2. The van der Waals surface area contributed by atoms with Gasteiger partial charge in [0, 0.05) is 18.4 Å². The molecule has 0 fully saturated rings. The molecule has 1 aromatic carbocycles. The first kappa shape index (κ1) is 13.7. The highest BCUT2D eigenvalue weighted by atomic mass is 79.9. The van der Waals surface area contributed by atoms with Gasteiger partial charge < -0.3 is 4.57 Å². The third-order valence-corrected chi connectivity index (χ3v) is 3.48. The summed E-state index contributed by atoms with van der Waals surface area (Å²) in [5.74, 6) is -1.19. The first-order chi connectivity index (χ1) is 8.93. The maximum absolute atomic E-state index is 13.6. The number of rotatable bonds is 3. The van der Waals surface area contributed by atoms with Gasteiger partial charge in [0.1, 0.15) is 5.82 Å². The van der Waals surface area contributed by atoms with E-state index in [1.165, 1.54) is 35.8 Å². The molecule has 0 saturated heterocycles. The molecule has 0 atom stereocenters. The van der Waals surface area contributed by atoms with E-state index in [4.69, 9.17) is 0 Å². The minimum atomic E-state index is -0.575. The first-order valence-corrected chi connectivity index (χ1v) is 6.38. The second-order valence-electron chi connectivity index (χ2n) is 4.15. The van der Waals surface area contributed by atoms with Crippen molar-refractivity contribution in [1.82, 2.24) is 4.57 Å². The number of halogens is 2. The molecule has 3 nitrogen and oxygen atoms in total. The number of Topliss-reactive ketones (excluding diaryl/α,β-unsaturated/α-hetero) is 1. The van der Waals surface area contributed by atoms with E-state index in [-0.39, 0.29) is 17.0 Å². The fraction of sp³-hybridized carbons (Fsp3) is 0.143. The molecule has 0 amide bonds. The summed E-state index contributed by atoms with van der Waals surface area (Å²) in [6.07, 6.45) is 0. The van der Waals surface area contributed by atoms with Gasteiger partial charge >= 0.3 is 0 Å². The fourth-order valence-electron chi connectivity index (χ4n) is 1.97. The van der Waals surface area contributed by atoms with Crippen molar-refractivity contribution in [3.05, 3.63) is 57.6 Å².